The summed E-state index contributed by atoms with van der Waals surface area (Å²) in [5, 5.41) is 2.76. The number of para-hydroxylation sites is 1. The molecule has 0 saturated heterocycles. The van der Waals surface area contributed by atoms with E-state index in [9.17, 15) is 18.0 Å². The van der Waals surface area contributed by atoms with Gasteiger partial charge in [-0.05, 0) is 43.3 Å². The lowest BCUT2D eigenvalue weighted by Gasteiger charge is -2.16. The lowest BCUT2D eigenvalue weighted by molar-refractivity contribution is 0.102. The molecule has 0 unspecified atom stereocenters. The van der Waals surface area contributed by atoms with Crippen LogP contribution in [0.2, 0.25) is 0 Å². The van der Waals surface area contributed by atoms with Crippen molar-refractivity contribution < 1.29 is 31.6 Å². The predicted molar refractivity (Wildman–Crippen MR) is 138 cm³/mol. The van der Waals surface area contributed by atoms with Crippen molar-refractivity contribution in [3.05, 3.63) is 82.1 Å². The minimum absolute atomic E-state index is 0.0643. The van der Waals surface area contributed by atoms with E-state index in [4.69, 9.17) is 18.4 Å². The van der Waals surface area contributed by atoms with Gasteiger partial charge in [-0.1, -0.05) is 29.8 Å². The summed E-state index contributed by atoms with van der Waals surface area (Å²) in [6.45, 7) is 1.82. The number of aryl methyl sites for hydroxylation is 1. The number of aromatic nitrogens is 1. The van der Waals surface area contributed by atoms with Crippen molar-refractivity contribution in [3.63, 3.8) is 0 Å². The number of rotatable bonds is 8. The molecular weight excluding hydrogens is 500 g/mol. The van der Waals surface area contributed by atoms with Crippen LogP contribution in [0.4, 0.5) is 5.69 Å². The van der Waals surface area contributed by atoms with E-state index in [1.165, 1.54) is 45.6 Å². The second-order valence-electron chi connectivity index (χ2n) is 7.92. The summed E-state index contributed by atoms with van der Waals surface area (Å²) in [7, 11) is -0.133. The van der Waals surface area contributed by atoms with Crippen LogP contribution in [0.15, 0.2) is 70.4 Å². The fourth-order valence-corrected chi connectivity index (χ4v) is 4.63. The van der Waals surface area contributed by atoms with Crippen molar-refractivity contribution >= 4 is 32.6 Å². The molecule has 1 heterocycles. The molecule has 3 aromatic carbocycles. The van der Waals surface area contributed by atoms with Crippen molar-refractivity contribution in [2.24, 2.45) is 0 Å². The van der Waals surface area contributed by atoms with Gasteiger partial charge in [-0.25, -0.2) is 0 Å². The highest BCUT2D eigenvalue weighted by atomic mass is 32.2. The second-order valence-corrected chi connectivity index (χ2v) is 9.47. The number of nitrogens with one attached hydrogen (secondary N) is 2. The summed E-state index contributed by atoms with van der Waals surface area (Å²) in [4.78, 5) is 28.8. The van der Waals surface area contributed by atoms with Gasteiger partial charge in [0, 0.05) is 10.9 Å². The van der Waals surface area contributed by atoms with E-state index in [2.05, 4.69) is 10.3 Å². The molecule has 2 N–H and O–H groups in total. The Morgan fingerprint density at radius 2 is 1.49 bits per heavy atom. The van der Waals surface area contributed by atoms with Crippen molar-refractivity contribution in [1.29, 1.82) is 0 Å². The molecule has 1 amide bonds. The van der Waals surface area contributed by atoms with E-state index < -0.39 is 21.6 Å². The topological polar surface area (TPSA) is 133 Å². The molecule has 4 aromatic rings. The SMILES string of the molecule is COc1cc(C(=O)Nc2c(OS(=O)(=O)c3ccc(C)cc3)c3ccccc3[nH]c2=O)cc(OC)c1OC. The second kappa shape index (κ2) is 10.2. The molecule has 0 aliphatic rings. The number of hydrogen-bond acceptors (Lipinski definition) is 8. The molecule has 1 aromatic heterocycles. The number of pyridine rings is 1. The van der Waals surface area contributed by atoms with Gasteiger partial charge in [-0.2, -0.15) is 8.42 Å². The average Bonchev–Trinajstić information content (AvgIpc) is 2.89. The summed E-state index contributed by atoms with van der Waals surface area (Å²) in [5.74, 6) is -0.340. The third-order valence-electron chi connectivity index (χ3n) is 5.54. The van der Waals surface area contributed by atoms with E-state index in [0.717, 1.165) is 5.56 Å². The van der Waals surface area contributed by atoms with Gasteiger partial charge in [-0.3, -0.25) is 9.59 Å². The van der Waals surface area contributed by atoms with Crippen molar-refractivity contribution in [3.8, 4) is 23.0 Å². The van der Waals surface area contributed by atoms with Crippen LogP contribution < -0.4 is 29.3 Å². The lowest BCUT2D eigenvalue weighted by atomic mass is 10.1. The largest absolute Gasteiger partial charge is 0.493 e. The first-order valence-electron chi connectivity index (χ1n) is 11.0. The Kier molecular flexibility index (Phi) is 7.07. The number of methoxy groups -OCH3 is 3. The van der Waals surface area contributed by atoms with Gasteiger partial charge >= 0.3 is 10.1 Å². The molecule has 0 saturated carbocycles. The van der Waals surface area contributed by atoms with Gasteiger partial charge < -0.3 is 28.7 Å². The summed E-state index contributed by atoms with van der Waals surface area (Å²) in [6, 6.07) is 15.3. The molecule has 0 aliphatic heterocycles. The van der Waals surface area contributed by atoms with Crippen LogP contribution in [0.3, 0.4) is 0 Å². The molecule has 37 heavy (non-hydrogen) atoms. The zero-order chi connectivity index (χ0) is 26.7. The number of anilines is 1. The Balaban J connectivity index is 1.83. The minimum Gasteiger partial charge on any atom is -0.493 e. The molecule has 192 valence electrons. The van der Waals surface area contributed by atoms with E-state index in [1.54, 1.807) is 36.4 Å². The molecule has 10 nitrogen and oxygen atoms in total. The number of carbonyl (C=O) groups excluding carboxylic acids is 1. The van der Waals surface area contributed by atoms with Gasteiger partial charge in [0.2, 0.25) is 5.75 Å². The van der Waals surface area contributed by atoms with Crippen LogP contribution in [0, 0.1) is 6.92 Å². The Labute approximate surface area is 212 Å². The standard InChI is InChI=1S/C26H24N2O8S/c1-15-9-11-17(12-10-15)37(31,32)36-23-18-7-5-6-8-19(18)27-26(30)22(23)28-25(29)16-13-20(33-2)24(35-4)21(14-16)34-3/h5-14H,1-4H3,(H,27,30)(H,28,29). The van der Waals surface area contributed by atoms with Crippen LogP contribution in [0.25, 0.3) is 10.9 Å². The number of H-pyrrole nitrogens is 1. The molecule has 0 aliphatic carbocycles. The Morgan fingerprint density at radius 3 is 2.08 bits per heavy atom. The maximum absolute atomic E-state index is 13.2. The molecule has 0 atom stereocenters. The molecule has 0 spiro atoms. The quantitative estimate of drug-likeness (QED) is 0.332. The Hall–Kier alpha value is -4.51. The van der Waals surface area contributed by atoms with E-state index in [0.29, 0.717) is 5.52 Å². The Bertz CT molecular complexity index is 1620. The van der Waals surface area contributed by atoms with Gasteiger partial charge in [0.1, 0.15) is 4.90 Å². The molecule has 0 bridgehead atoms. The number of amides is 1. The summed E-state index contributed by atoms with van der Waals surface area (Å²) < 4.78 is 47.6. The fraction of sp³-hybridized carbons (Fsp3) is 0.154. The zero-order valence-electron chi connectivity index (χ0n) is 20.4. The average molecular weight is 525 g/mol. The van der Waals surface area contributed by atoms with E-state index in [-0.39, 0.29) is 44.5 Å². The molecule has 4 rings (SSSR count). The number of fused-ring (bicyclic) bond motifs is 1. The van der Waals surface area contributed by atoms with Crippen LogP contribution >= 0.6 is 0 Å². The highest BCUT2D eigenvalue weighted by Crippen LogP contribution is 2.39. The smallest absolute Gasteiger partial charge is 0.339 e. The van der Waals surface area contributed by atoms with Gasteiger partial charge in [0.15, 0.2) is 22.9 Å². The molecule has 11 heteroatoms. The lowest BCUT2D eigenvalue weighted by Crippen LogP contribution is -2.23. The monoisotopic (exact) mass is 524 g/mol. The highest BCUT2D eigenvalue weighted by molar-refractivity contribution is 7.87. The molecule has 0 radical (unpaired) electrons. The van der Waals surface area contributed by atoms with E-state index in [1.807, 2.05) is 6.92 Å². The first-order chi connectivity index (χ1) is 17.7. The fourth-order valence-electron chi connectivity index (χ4n) is 3.67. The number of benzene rings is 3. The van der Waals surface area contributed by atoms with Crippen LogP contribution in [-0.4, -0.2) is 40.6 Å². The van der Waals surface area contributed by atoms with Crippen LogP contribution in [-0.2, 0) is 10.1 Å². The number of aromatic amines is 1. The van der Waals surface area contributed by atoms with E-state index >= 15 is 0 Å². The van der Waals surface area contributed by atoms with Gasteiger partial charge in [0.25, 0.3) is 11.5 Å². The minimum atomic E-state index is -4.35. The summed E-state index contributed by atoms with van der Waals surface area (Å²) in [6.07, 6.45) is 0. The summed E-state index contributed by atoms with van der Waals surface area (Å²) >= 11 is 0. The number of ether oxygens (including phenoxy) is 3. The zero-order valence-corrected chi connectivity index (χ0v) is 21.3. The maximum Gasteiger partial charge on any atom is 0.339 e. The van der Waals surface area contributed by atoms with Crippen LogP contribution in [0.1, 0.15) is 15.9 Å². The number of hydrogen-bond donors (Lipinski definition) is 2. The highest BCUT2D eigenvalue weighted by Gasteiger charge is 2.25. The first kappa shape index (κ1) is 25.6. The third-order valence-corrected chi connectivity index (χ3v) is 6.78. The normalized spacial score (nSPS) is 11.1. The summed E-state index contributed by atoms with van der Waals surface area (Å²) in [5.41, 5.74) is 0.113. The van der Waals surface area contributed by atoms with Crippen LogP contribution in [0.5, 0.6) is 23.0 Å². The molecular formula is C26H24N2O8S. The third kappa shape index (κ3) is 5.07. The first-order valence-corrected chi connectivity index (χ1v) is 12.4. The van der Waals surface area contributed by atoms with Gasteiger partial charge in [-0.15, -0.1) is 0 Å². The predicted octanol–water partition coefficient (Wildman–Crippen LogP) is 3.88. The molecule has 0 fully saturated rings. The van der Waals surface area contributed by atoms with Gasteiger partial charge in [0.05, 0.1) is 26.8 Å². The van der Waals surface area contributed by atoms with Crippen molar-refractivity contribution in [2.45, 2.75) is 11.8 Å². The van der Waals surface area contributed by atoms with Crippen molar-refractivity contribution in [1.82, 2.24) is 4.98 Å². The Morgan fingerprint density at radius 1 is 0.865 bits per heavy atom. The maximum atomic E-state index is 13.2. The number of carbonyl (C=O) groups is 1. The van der Waals surface area contributed by atoms with Crippen molar-refractivity contribution in [2.75, 3.05) is 26.6 Å².